The average Bonchev–Trinajstić information content (AvgIpc) is 2.03. The van der Waals surface area contributed by atoms with Crippen LogP contribution < -0.4 is 0 Å². The summed E-state index contributed by atoms with van der Waals surface area (Å²) >= 11 is 0. The fraction of sp³-hybridized carbons (Fsp3) is 0.143. The van der Waals surface area contributed by atoms with E-state index in [1.54, 1.807) is 19.5 Å². The van der Waals surface area contributed by atoms with E-state index >= 15 is 0 Å². The molecule has 0 N–H and O–H groups in total. The van der Waals surface area contributed by atoms with Crippen LogP contribution in [-0.4, -0.2) is 31.7 Å². The second-order valence-corrected chi connectivity index (χ2v) is 1.83. The largest absolute Gasteiger partial charge is 0.277 e. The number of rotatable bonds is 1. The fourth-order valence-electron chi connectivity index (χ4n) is 0.580. The van der Waals surface area contributed by atoms with Gasteiger partial charge in [0.2, 0.25) is 0 Å². The van der Waals surface area contributed by atoms with E-state index in [4.69, 9.17) is 0 Å². The van der Waals surface area contributed by atoms with Crippen LogP contribution in [0.1, 0.15) is 0 Å². The number of amidine groups is 1. The van der Waals surface area contributed by atoms with Crippen LogP contribution in [0.5, 0.6) is 0 Å². The molecule has 0 fully saturated rings. The van der Waals surface area contributed by atoms with Crippen molar-refractivity contribution < 1.29 is 0 Å². The third-order valence-electron chi connectivity index (χ3n) is 1.05. The molecule has 1 aliphatic heterocycles. The molecule has 0 aromatic carbocycles. The molecule has 0 aliphatic carbocycles. The van der Waals surface area contributed by atoms with Crippen LogP contribution in [0.2, 0.25) is 0 Å². The molecule has 0 amide bonds. The summed E-state index contributed by atoms with van der Waals surface area (Å²) in [6, 6.07) is 0. The lowest BCUT2D eigenvalue weighted by Gasteiger charge is -1.99. The standard InChI is InChI=1S/C7H8N4/c1-6-7(11-5-8-2)10-4-3-9-6/h3-5H,1H2,2H3. The Morgan fingerprint density at radius 2 is 2.18 bits per heavy atom. The van der Waals surface area contributed by atoms with Gasteiger partial charge in [0.25, 0.3) is 0 Å². The number of aliphatic imine (C=N–C) groups is 4. The van der Waals surface area contributed by atoms with Crippen molar-refractivity contribution in [2.45, 2.75) is 0 Å². The Bertz CT molecular complexity index is 270. The van der Waals surface area contributed by atoms with Gasteiger partial charge in [0.15, 0.2) is 5.84 Å². The van der Waals surface area contributed by atoms with E-state index in [1.165, 1.54) is 6.34 Å². The molecule has 4 nitrogen and oxygen atoms in total. The second-order valence-electron chi connectivity index (χ2n) is 1.83. The van der Waals surface area contributed by atoms with Crippen molar-refractivity contribution in [2.24, 2.45) is 20.0 Å². The van der Waals surface area contributed by atoms with E-state index in [2.05, 4.69) is 26.5 Å². The minimum Gasteiger partial charge on any atom is -0.277 e. The molecule has 0 atom stereocenters. The summed E-state index contributed by atoms with van der Waals surface area (Å²) < 4.78 is 0. The molecular weight excluding hydrogens is 140 g/mol. The van der Waals surface area contributed by atoms with E-state index in [-0.39, 0.29) is 0 Å². The molecule has 1 aliphatic rings. The van der Waals surface area contributed by atoms with Gasteiger partial charge in [0.1, 0.15) is 12.0 Å². The minimum atomic E-state index is 0.512. The Morgan fingerprint density at radius 3 is 2.82 bits per heavy atom. The van der Waals surface area contributed by atoms with Gasteiger partial charge in [-0.25, -0.2) is 9.98 Å². The SMILES string of the molecule is C=C1N=CC=NC1=NC=NC. The van der Waals surface area contributed by atoms with E-state index in [0.29, 0.717) is 11.5 Å². The second kappa shape index (κ2) is 3.55. The maximum atomic E-state index is 3.93. The minimum absolute atomic E-state index is 0.512. The third kappa shape index (κ3) is 1.93. The van der Waals surface area contributed by atoms with Gasteiger partial charge in [0.05, 0.1) is 0 Å². The van der Waals surface area contributed by atoms with Gasteiger partial charge in [-0.3, -0.25) is 9.98 Å². The Kier molecular flexibility index (Phi) is 2.43. The molecule has 0 saturated heterocycles. The summed E-state index contributed by atoms with van der Waals surface area (Å²) in [4.78, 5) is 15.4. The summed E-state index contributed by atoms with van der Waals surface area (Å²) in [7, 11) is 1.64. The van der Waals surface area contributed by atoms with Crippen molar-refractivity contribution >= 4 is 24.6 Å². The number of nitrogens with zero attached hydrogens (tertiary/aromatic N) is 4. The van der Waals surface area contributed by atoms with Crippen LogP contribution in [-0.2, 0) is 0 Å². The predicted molar refractivity (Wildman–Crippen MR) is 48.0 cm³/mol. The first-order valence-electron chi connectivity index (χ1n) is 3.09. The van der Waals surface area contributed by atoms with Gasteiger partial charge in [-0.1, -0.05) is 6.58 Å². The van der Waals surface area contributed by atoms with Crippen LogP contribution in [0.15, 0.2) is 32.2 Å². The summed E-state index contributed by atoms with van der Waals surface area (Å²) in [5.41, 5.74) is 0.562. The lowest BCUT2D eigenvalue weighted by atomic mass is 10.4. The van der Waals surface area contributed by atoms with Crippen molar-refractivity contribution in [1.82, 2.24) is 0 Å². The zero-order valence-electron chi connectivity index (χ0n) is 6.23. The summed E-state index contributed by atoms with van der Waals surface area (Å²) in [5, 5.41) is 0. The zero-order chi connectivity index (χ0) is 8.10. The molecule has 1 heterocycles. The smallest absolute Gasteiger partial charge is 0.179 e. The van der Waals surface area contributed by atoms with Crippen molar-refractivity contribution in [2.75, 3.05) is 7.05 Å². The molecule has 0 aromatic heterocycles. The van der Waals surface area contributed by atoms with Crippen LogP contribution in [0.25, 0.3) is 0 Å². The molecular formula is C7H8N4. The average molecular weight is 148 g/mol. The Hall–Kier alpha value is -1.58. The van der Waals surface area contributed by atoms with E-state index in [9.17, 15) is 0 Å². The number of hydrogen-bond donors (Lipinski definition) is 0. The molecule has 4 heteroatoms. The molecule has 56 valence electrons. The maximum absolute atomic E-state index is 3.93. The molecule has 1 rings (SSSR count). The summed E-state index contributed by atoms with van der Waals surface area (Å²) in [5.74, 6) is 0.512. The van der Waals surface area contributed by atoms with Gasteiger partial charge >= 0.3 is 0 Å². The van der Waals surface area contributed by atoms with Crippen LogP contribution in [0, 0.1) is 0 Å². The fourth-order valence-corrected chi connectivity index (χ4v) is 0.580. The van der Waals surface area contributed by atoms with E-state index < -0.39 is 0 Å². The van der Waals surface area contributed by atoms with Crippen molar-refractivity contribution in [3.63, 3.8) is 0 Å². The van der Waals surface area contributed by atoms with Crippen molar-refractivity contribution in [1.29, 1.82) is 0 Å². The Labute approximate surface area is 64.8 Å². The highest BCUT2D eigenvalue weighted by Crippen LogP contribution is 1.99. The highest BCUT2D eigenvalue weighted by atomic mass is 15.0. The Balaban J connectivity index is 2.81. The predicted octanol–water partition coefficient (Wildman–Crippen LogP) is 0.712. The highest BCUT2D eigenvalue weighted by Gasteiger charge is 2.01. The first kappa shape index (κ1) is 7.53. The van der Waals surface area contributed by atoms with Crippen molar-refractivity contribution in [3.05, 3.63) is 12.3 Å². The van der Waals surface area contributed by atoms with Crippen molar-refractivity contribution in [3.8, 4) is 0 Å². The van der Waals surface area contributed by atoms with Gasteiger partial charge < -0.3 is 0 Å². The normalized spacial score (nSPS) is 20.5. The van der Waals surface area contributed by atoms with Gasteiger partial charge in [0, 0.05) is 19.5 Å². The van der Waals surface area contributed by atoms with Gasteiger partial charge in [-0.2, -0.15) is 0 Å². The van der Waals surface area contributed by atoms with Crippen LogP contribution in [0.3, 0.4) is 0 Å². The monoisotopic (exact) mass is 148 g/mol. The van der Waals surface area contributed by atoms with E-state index in [1.807, 2.05) is 0 Å². The third-order valence-corrected chi connectivity index (χ3v) is 1.05. The molecule has 0 radical (unpaired) electrons. The molecule has 0 spiro atoms. The number of hydrogen-bond acceptors (Lipinski definition) is 2. The summed E-state index contributed by atoms with van der Waals surface area (Å²) in [6.07, 6.45) is 4.56. The topological polar surface area (TPSA) is 49.4 Å². The molecule has 0 aromatic rings. The van der Waals surface area contributed by atoms with E-state index in [0.717, 1.165) is 0 Å². The molecule has 11 heavy (non-hydrogen) atoms. The van der Waals surface area contributed by atoms with Crippen LogP contribution in [0.4, 0.5) is 0 Å². The van der Waals surface area contributed by atoms with Crippen LogP contribution >= 0.6 is 0 Å². The molecule has 0 bridgehead atoms. The quantitative estimate of drug-likeness (QED) is 0.388. The van der Waals surface area contributed by atoms with Gasteiger partial charge in [-0.15, -0.1) is 0 Å². The highest BCUT2D eigenvalue weighted by molar-refractivity contribution is 6.25. The Morgan fingerprint density at radius 1 is 1.45 bits per heavy atom. The zero-order valence-corrected chi connectivity index (χ0v) is 6.23. The molecule has 0 unspecified atom stereocenters. The summed E-state index contributed by atoms with van der Waals surface area (Å²) in [6.45, 7) is 3.64. The first-order valence-corrected chi connectivity index (χ1v) is 3.09. The lowest BCUT2D eigenvalue weighted by molar-refractivity contribution is 1.40. The maximum Gasteiger partial charge on any atom is 0.179 e. The van der Waals surface area contributed by atoms with Gasteiger partial charge in [-0.05, 0) is 0 Å². The molecule has 0 saturated carbocycles. The first-order chi connectivity index (χ1) is 5.34. The lowest BCUT2D eigenvalue weighted by Crippen LogP contribution is -2.02.